The van der Waals surface area contributed by atoms with Gasteiger partial charge in [-0.1, -0.05) is 42.5 Å². The molecule has 0 aromatic heterocycles. The molecule has 0 saturated heterocycles. The van der Waals surface area contributed by atoms with Crippen LogP contribution >= 0.6 is 0 Å². The van der Waals surface area contributed by atoms with Crippen molar-refractivity contribution in [2.24, 2.45) is 0 Å². The number of amides is 2. The summed E-state index contributed by atoms with van der Waals surface area (Å²) in [6, 6.07) is 24.3. The van der Waals surface area contributed by atoms with Gasteiger partial charge in [-0.25, -0.2) is 4.79 Å². The molecule has 4 rings (SSSR count). The number of methoxy groups -OCH3 is 2. The number of benzene rings is 3. The van der Waals surface area contributed by atoms with Crippen LogP contribution < -0.4 is 10.1 Å². The minimum absolute atomic E-state index is 0.301. The van der Waals surface area contributed by atoms with Gasteiger partial charge in [0.1, 0.15) is 11.5 Å². The third-order valence-corrected chi connectivity index (χ3v) is 5.20. The molecule has 1 aliphatic rings. The molecule has 0 atom stereocenters. The summed E-state index contributed by atoms with van der Waals surface area (Å²) in [4.78, 5) is 14.7. The Morgan fingerprint density at radius 1 is 0.867 bits per heavy atom. The lowest BCUT2D eigenvalue weighted by atomic mass is 9.96. The minimum Gasteiger partial charge on any atom is -0.457 e. The van der Waals surface area contributed by atoms with Gasteiger partial charge in [-0.2, -0.15) is 0 Å². The van der Waals surface area contributed by atoms with E-state index >= 15 is 0 Å². The van der Waals surface area contributed by atoms with Crippen LogP contribution in [-0.2, 0) is 21.8 Å². The molecule has 30 heavy (non-hydrogen) atoms. The number of hydrogen-bond acceptors (Lipinski definition) is 4. The van der Waals surface area contributed by atoms with Crippen LogP contribution in [-0.4, -0.2) is 31.7 Å². The van der Waals surface area contributed by atoms with Gasteiger partial charge >= 0.3 is 6.03 Å². The predicted octanol–water partition coefficient (Wildman–Crippen LogP) is 4.97. The van der Waals surface area contributed by atoms with E-state index in [1.54, 1.807) is 31.3 Å². The third-order valence-electron chi connectivity index (χ3n) is 5.20. The molecule has 3 aromatic rings. The number of nitrogens with one attached hydrogen (secondary N) is 1. The fourth-order valence-corrected chi connectivity index (χ4v) is 3.75. The monoisotopic (exact) mass is 404 g/mol. The van der Waals surface area contributed by atoms with E-state index in [-0.39, 0.29) is 6.03 Å². The second-order valence-electron chi connectivity index (χ2n) is 6.92. The first-order chi connectivity index (χ1) is 14.7. The summed E-state index contributed by atoms with van der Waals surface area (Å²) in [6.45, 7) is 0.472. The van der Waals surface area contributed by atoms with Crippen LogP contribution in [0, 0.1) is 0 Å². The Morgan fingerprint density at radius 3 is 2.20 bits per heavy atom. The van der Waals surface area contributed by atoms with E-state index in [4.69, 9.17) is 14.2 Å². The van der Waals surface area contributed by atoms with Crippen LogP contribution in [0.15, 0.2) is 78.9 Å². The van der Waals surface area contributed by atoms with E-state index < -0.39 is 5.91 Å². The van der Waals surface area contributed by atoms with Gasteiger partial charge in [-0.3, -0.25) is 4.90 Å². The van der Waals surface area contributed by atoms with E-state index in [1.807, 2.05) is 66.7 Å². The van der Waals surface area contributed by atoms with Crippen molar-refractivity contribution >= 4 is 11.7 Å². The molecule has 0 aliphatic carbocycles. The zero-order valence-corrected chi connectivity index (χ0v) is 17.0. The smallest absolute Gasteiger partial charge is 0.326 e. The summed E-state index contributed by atoms with van der Waals surface area (Å²) in [5, 5.41) is 2.93. The number of fused-ring (bicyclic) bond motifs is 1. The number of anilines is 1. The van der Waals surface area contributed by atoms with E-state index in [2.05, 4.69) is 5.32 Å². The first kappa shape index (κ1) is 19.9. The van der Waals surface area contributed by atoms with Crippen molar-refractivity contribution in [2.45, 2.75) is 12.3 Å². The SMILES string of the molecule is COC1(OC)c2ccccc2CCN1C(=O)Nc1ccc(Oc2ccccc2)cc1. The summed E-state index contributed by atoms with van der Waals surface area (Å²) in [5.41, 5.74) is 2.59. The summed E-state index contributed by atoms with van der Waals surface area (Å²) in [5.74, 6) is 0.176. The Bertz CT molecular complexity index is 1000. The highest BCUT2D eigenvalue weighted by molar-refractivity contribution is 5.90. The lowest BCUT2D eigenvalue weighted by Crippen LogP contribution is -2.57. The number of carbonyl (C=O) groups is 1. The number of rotatable bonds is 5. The van der Waals surface area contributed by atoms with Gasteiger partial charge in [-0.15, -0.1) is 0 Å². The number of hydrogen-bond donors (Lipinski definition) is 1. The second-order valence-corrected chi connectivity index (χ2v) is 6.92. The average Bonchev–Trinajstić information content (AvgIpc) is 2.80. The van der Waals surface area contributed by atoms with Gasteiger partial charge in [0, 0.05) is 32.0 Å². The highest BCUT2D eigenvalue weighted by Crippen LogP contribution is 2.37. The molecule has 0 bridgehead atoms. The molecular formula is C24H24N2O4. The maximum Gasteiger partial charge on any atom is 0.326 e. The molecule has 0 unspecified atom stereocenters. The molecule has 2 amide bonds. The molecule has 1 aliphatic heterocycles. The summed E-state index contributed by atoms with van der Waals surface area (Å²) >= 11 is 0. The maximum absolute atomic E-state index is 13.1. The third kappa shape index (κ3) is 3.75. The summed E-state index contributed by atoms with van der Waals surface area (Å²) in [6.07, 6.45) is 0.724. The Hall–Kier alpha value is -3.35. The zero-order valence-electron chi connectivity index (χ0n) is 17.0. The topological polar surface area (TPSA) is 60.0 Å². The molecule has 154 valence electrons. The Balaban J connectivity index is 1.50. The maximum atomic E-state index is 13.1. The summed E-state index contributed by atoms with van der Waals surface area (Å²) in [7, 11) is 3.09. The van der Waals surface area contributed by atoms with Crippen molar-refractivity contribution in [1.29, 1.82) is 0 Å². The van der Waals surface area contributed by atoms with Crippen LogP contribution in [0.4, 0.5) is 10.5 Å². The standard InChI is InChI=1S/C24H24N2O4/c1-28-24(29-2)22-11-7-6-8-18(22)16-17-26(24)23(27)25-19-12-14-21(15-13-19)30-20-9-4-3-5-10-20/h3-15H,16-17H2,1-2H3,(H,25,27). The number of urea groups is 1. The second kappa shape index (κ2) is 8.57. The van der Waals surface area contributed by atoms with E-state index in [1.165, 1.54) is 0 Å². The molecule has 1 heterocycles. The fourth-order valence-electron chi connectivity index (χ4n) is 3.75. The normalized spacial score (nSPS) is 14.7. The van der Waals surface area contributed by atoms with Gasteiger partial charge in [0.2, 0.25) is 0 Å². The first-order valence-corrected chi connectivity index (χ1v) is 9.76. The van der Waals surface area contributed by atoms with E-state index in [9.17, 15) is 4.79 Å². The van der Waals surface area contributed by atoms with Gasteiger partial charge < -0.3 is 19.5 Å². The van der Waals surface area contributed by atoms with Gasteiger partial charge in [0.05, 0.1) is 0 Å². The van der Waals surface area contributed by atoms with Crippen molar-refractivity contribution in [1.82, 2.24) is 4.90 Å². The minimum atomic E-state index is -1.27. The molecule has 1 N–H and O–H groups in total. The highest BCUT2D eigenvalue weighted by atomic mass is 16.7. The predicted molar refractivity (Wildman–Crippen MR) is 115 cm³/mol. The molecular weight excluding hydrogens is 380 g/mol. The molecule has 6 heteroatoms. The quantitative estimate of drug-likeness (QED) is 0.610. The Kier molecular flexibility index (Phi) is 5.70. The van der Waals surface area contributed by atoms with Gasteiger partial charge in [0.25, 0.3) is 5.91 Å². The van der Waals surface area contributed by atoms with Crippen molar-refractivity contribution in [3.63, 3.8) is 0 Å². The van der Waals surface area contributed by atoms with Crippen molar-refractivity contribution in [2.75, 3.05) is 26.1 Å². The largest absolute Gasteiger partial charge is 0.457 e. The van der Waals surface area contributed by atoms with Crippen LogP contribution in [0.2, 0.25) is 0 Å². The lowest BCUT2D eigenvalue weighted by molar-refractivity contribution is -0.292. The molecule has 0 radical (unpaired) electrons. The van der Waals surface area contributed by atoms with Gasteiger partial charge in [-0.05, 0) is 48.4 Å². The van der Waals surface area contributed by atoms with Crippen LogP contribution in [0.5, 0.6) is 11.5 Å². The van der Waals surface area contributed by atoms with Crippen LogP contribution in [0.1, 0.15) is 11.1 Å². The van der Waals surface area contributed by atoms with Gasteiger partial charge in [0.15, 0.2) is 0 Å². The average molecular weight is 404 g/mol. The van der Waals surface area contributed by atoms with Crippen molar-refractivity contribution in [3.05, 3.63) is 90.0 Å². The number of nitrogens with zero attached hydrogens (tertiary/aromatic N) is 1. The van der Waals surface area contributed by atoms with Crippen LogP contribution in [0.25, 0.3) is 0 Å². The zero-order chi connectivity index (χ0) is 21.0. The van der Waals surface area contributed by atoms with Crippen LogP contribution in [0.3, 0.4) is 0 Å². The fraction of sp³-hybridized carbons (Fsp3) is 0.208. The molecule has 0 saturated carbocycles. The van der Waals surface area contributed by atoms with Crippen molar-refractivity contribution in [3.8, 4) is 11.5 Å². The first-order valence-electron chi connectivity index (χ1n) is 9.76. The molecule has 0 spiro atoms. The number of ether oxygens (including phenoxy) is 3. The van der Waals surface area contributed by atoms with E-state index in [0.29, 0.717) is 18.0 Å². The molecule has 3 aromatic carbocycles. The summed E-state index contributed by atoms with van der Waals surface area (Å²) < 4.78 is 17.3. The highest BCUT2D eigenvalue weighted by Gasteiger charge is 2.46. The number of para-hydroxylation sites is 1. The van der Waals surface area contributed by atoms with E-state index in [0.717, 1.165) is 23.3 Å². The van der Waals surface area contributed by atoms with Crippen molar-refractivity contribution < 1.29 is 19.0 Å². The lowest BCUT2D eigenvalue weighted by Gasteiger charge is -2.45. The Morgan fingerprint density at radius 2 is 1.50 bits per heavy atom. The molecule has 0 fully saturated rings. The molecule has 6 nitrogen and oxygen atoms in total. The number of carbonyl (C=O) groups excluding carboxylic acids is 1. The Labute approximate surface area is 176 Å².